The molecule has 1 saturated heterocycles. The molecule has 2 nitrogen and oxygen atoms in total. The van der Waals surface area contributed by atoms with E-state index in [0.717, 1.165) is 13.8 Å². The Labute approximate surface area is 295 Å². The van der Waals surface area contributed by atoms with Gasteiger partial charge in [0.2, 0.25) is 23.3 Å². The highest BCUT2D eigenvalue weighted by molar-refractivity contribution is 7.73. The first-order chi connectivity index (χ1) is 25.4. The molecular formula is C31H12F20O2P2. The molecule has 0 aliphatic carbocycles. The van der Waals surface area contributed by atoms with Crippen LogP contribution in [-0.4, -0.2) is 30.3 Å². The van der Waals surface area contributed by atoms with Gasteiger partial charge in [0, 0.05) is 12.3 Å². The molecule has 1 aliphatic rings. The minimum Gasteiger partial charge on any atom is -0.344 e. The average Bonchev–Trinajstić information content (AvgIpc) is 3.43. The van der Waals surface area contributed by atoms with Crippen molar-refractivity contribution in [2.75, 3.05) is 12.3 Å². The Balaban J connectivity index is 1.79. The van der Waals surface area contributed by atoms with Gasteiger partial charge in [-0.15, -0.1) is 0 Å². The lowest BCUT2D eigenvalue weighted by molar-refractivity contribution is -0.142. The van der Waals surface area contributed by atoms with Gasteiger partial charge >= 0.3 is 0 Å². The van der Waals surface area contributed by atoms with Crippen LogP contribution in [0.2, 0.25) is 0 Å². The molecular weight excluding hydrogens is 846 g/mol. The molecule has 1 aliphatic heterocycles. The fraction of sp³-hybridized carbons (Fsp3) is 0.226. The van der Waals surface area contributed by atoms with Crippen LogP contribution in [0.15, 0.2) is 0 Å². The molecule has 0 saturated carbocycles. The maximum absolute atomic E-state index is 15.2. The van der Waals surface area contributed by atoms with Crippen LogP contribution in [0.1, 0.15) is 13.8 Å². The van der Waals surface area contributed by atoms with Crippen molar-refractivity contribution >= 4 is 37.1 Å². The van der Waals surface area contributed by atoms with E-state index in [9.17, 15) is 52.7 Å². The smallest absolute Gasteiger partial charge is 0.200 e. The van der Waals surface area contributed by atoms with E-state index in [-0.39, 0.29) is 0 Å². The number of ether oxygens (including phenoxy) is 2. The second-order valence-corrected chi connectivity index (χ2v) is 15.8. The van der Waals surface area contributed by atoms with Gasteiger partial charge in [-0.1, -0.05) is 0 Å². The predicted octanol–water partition coefficient (Wildman–Crippen LogP) is 8.55. The summed E-state index contributed by atoms with van der Waals surface area (Å²) < 4.78 is 303. The summed E-state index contributed by atoms with van der Waals surface area (Å²) in [4.78, 5) is 0. The molecule has 0 radical (unpaired) electrons. The predicted molar refractivity (Wildman–Crippen MR) is 151 cm³/mol. The second-order valence-electron chi connectivity index (χ2n) is 11.6. The van der Waals surface area contributed by atoms with Gasteiger partial charge in [0.05, 0.1) is 33.4 Å². The lowest BCUT2D eigenvalue weighted by Crippen LogP contribution is -2.38. The molecule has 1 fully saturated rings. The Kier molecular flexibility index (Phi) is 11.5. The zero-order valence-corrected chi connectivity index (χ0v) is 28.1. The third kappa shape index (κ3) is 6.90. The molecule has 5 rings (SSSR count). The van der Waals surface area contributed by atoms with Crippen LogP contribution in [0.4, 0.5) is 87.8 Å². The highest BCUT2D eigenvalue weighted by atomic mass is 31.1. The zero-order chi connectivity index (χ0) is 41.5. The topological polar surface area (TPSA) is 18.5 Å². The van der Waals surface area contributed by atoms with Crippen molar-refractivity contribution < 1.29 is 97.3 Å². The second kappa shape index (κ2) is 15.0. The lowest BCUT2D eigenvalue weighted by atomic mass is 10.2. The summed E-state index contributed by atoms with van der Waals surface area (Å²) in [5, 5.41) is -8.93. The standard InChI is InChI=1S/C31H12F20O2P2/c1-31(2)52-5(3-54(27-19(44)11(36)7(32)12(37)20(27)45)28-21(46)13(38)8(33)14(39)22(28)47)6(53-31)4-55(29-23(48)15(40)9(34)16(41)24(29)49)30-25(50)17(42)10(35)18(43)26(30)51/h5-6H,3-4H2,1-2H3/t5-,6-/m0/s1. The van der Waals surface area contributed by atoms with Crippen LogP contribution in [0.3, 0.4) is 0 Å². The van der Waals surface area contributed by atoms with Gasteiger partial charge in [0.15, 0.2) is 98.9 Å². The number of rotatable bonds is 8. The van der Waals surface area contributed by atoms with Crippen molar-refractivity contribution in [2.45, 2.75) is 31.8 Å². The van der Waals surface area contributed by atoms with E-state index in [2.05, 4.69) is 0 Å². The third-order valence-corrected chi connectivity index (χ3v) is 13.0. The number of halogens is 20. The summed E-state index contributed by atoms with van der Waals surface area (Å²) in [6, 6.07) is 0. The van der Waals surface area contributed by atoms with Crippen molar-refractivity contribution in [1.29, 1.82) is 0 Å². The minimum absolute atomic E-state index is 0.873. The van der Waals surface area contributed by atoms with Crippen molar-refractivity contribution in [1.82, 2.24) is 0 Å². The Morgan fingerprint density at radius 3 is 0.618 bits per heavy atom. The first-order valence-corrected chi connectivity index (χ1v) is 17.4. The monoisotopic (exact) mass is 858 g/mol. The summed E-state index contributed by atoms with van der Waals surface area (Å²) in [7, 11) is -8.43. The Bertz CT molecular complexity index is 1860. The first kappa shape index (κ1) is 42.4. The van der Waals surface area contributed by atoms with Gasteiger partial charge in [0.1, 0.15) is 0 Å². The highest BCUT2D eigenvalue weighted by Gasteiger charge is 2.48. The highest BCUT2D eigenvalue weighted by Crippen LogP contribution is 2.48. The molecule has 55 heavy (non-hydrogen) atoms. The van der Waals surface area contributed by atoms with E-state index >= 15 is 35.1 Å². The van der Waals surface area contributed by atoms with Gasteiger partial charge in [0.25, 0.3) is 0 Å². The Morgan fingerprint density at radius 2 is 0.455 bits per heavy atom. The number of hydrogen-bond acceptors (Lipinski definition) is 2. The SMILES string of the molecule is CC1(C)O[C@@H](CP(c2c(F)c(F)c(F)c(F)c2F)c2c(F)c(F)c(F)c(F)c2F)[C@H](CP(c2c(F)c(F)c(F)c(F)c2F)c2c(F)c(F)c(F)c(F)c2F)O1. The summed E-state index contributed by atoms with van der Waals surface area (Å²) in [5.41, 5.74) is 0. The van der Waals surface area contributed by atoms with Crippen molar-refractivity contribution in [3.63, 3.8) is 0 Å². The van der Waals surface area contributed by atoms with E-state index in [1.807, 2.05) is 0 Å². The van der Waals surface area contributed by atoms with Crippen molar-refractivity contribution in [3.8, 4) is 0 Å². The molecule has 1 heterocycles. The zero-order valence-electron chi connectivity index (χ0n) is 26.3. The van der Waals surface area contributed by atoms with E-state index in [1.54, 1.807) is 0 Å². The summed E-state index contributed by atoms with van der Waals surface area (Å²) in [5.74, 6) is -59.4. The van der Waals surface area contributed by atoms with E-state index < -0.39 is 184 Å². The molecule has 0 amide bonds. The van der Waals surface area contributed by atoms with Crippen LogP contribution in [-0.2, 0) is 9.47 Å². The average molecular weight is 858 g/mol. The molecule has 0 unspecified atom stereocenters. The molecule has 2 atom stereocenters. The Hall–Kier alpha value is -3.74. The van der Waals surface area contributed by atoms with Gasteiger partial charge in [-0.2, -0.15) is 0 Å². The molecule has 24 heteroatoms. The fourth-order valence-electron chi connectivity index (χ4n) is 5.49. The molecule has 0 spiro atoms. The van der Waals surface area contributed by atoms with Gasteiger partial charge in [-0.25, -0.2) is 87.8 Å². The summed E-state index contributed by atoms with van der Waals surface area (Å²) in [6.07, 6.45) is -8.26. The molecule has 4 aromatic carbocycles. The lowest BCUT2D eigenvalue weighted by Gasteiger charge is -2.29. The Morgan fingerprint density at radius 1 is 0.309 bits per heavy atom. The third-order valence-electron chi connectivity index (χ3n) is 7.84. The quantitative estimate of drug-likeness (QED) is 0.0766. The normalized spacial score (nSPS) is 17.0. The molecule has 4 aromatic rings. The van der Waals surface area contributed by atoms with Crippen LogP contribution in [0, 0.1) is 116 Å². The summed E-state index contributed by atoms with van der Waals surface area (Å²) in [6.45, 7) is 1.75. The van der Waals surface area contributed by atoms with Crippen LogP contribution < -0.4 is 21.2 Å². The molecule has 0 N–H and O–H groups in total. The molecule has 0 bridgehead atoms. The maximum Gasteiger partial charge on any atom is 0.200 e. The number of benzene rings is 4. The van der Waals surface area contributed by atoms with Gasteiger partial charge in [-0.3, -0.25) is 0 Å². The van der Waals surface area contributed by atoms with E-state index in [0.29, 0.717) is 0 Å². The first-order valence-electron chi connectivity index (χ1n) is 14.3. The summed E-state index contributed by atoms with van der Waals surface area (Å²) >= 11 is 0. The van der Waals surface area contributed by atoms with Gasteiger partial charge < -0.3 is 9.47 Å². The van der Waals surface area contributed by atoms with Crippen LogP contribution in [0.5, 0.6) is 0 Å². The maximum atomic E-state index is 15.2. The van der Waals surface area contributed by atoms with Crippen molar-refractivity contribution in [3.05, 3.63) is 116 Å². The number of hydrogen-bond donors (Lipinski definition) is 0. The minimum atomic E-state index is -4.22. The van der Waals surface area contributed by atoms with E-state index in [4.69, 9.17) is 9.47 Å². The van der Waals surface area contributed by atoms with Crippen LogP contribution in [0.25, 0.3) is 0 Å². The molecule has 298 valence electrons. The van der Waals surface area contributed by atoms with Crippen LogP contribution >= 0.6 is 15.8 Å². The fourth-order valence-corrected chi connectivity index (χ4v) is 10.7. The van der Waals surface area contributed by atoms with E-state index in [1.165, 1.54) is 0 Å². The largest absolute Gasteiger partial charge is 0.344 e. The van der Waals surface area contributed by atoms with Crippen molar-refractivity contribution in [2.24, 2.45) is 0 Å². The molecule has 0 aromatic heterocycles. The van der Waals surface area contributed by atoms with Gasteiger partial charge in [-0.05, 0) is 29.7 Å².